The molecule has 0 saturated heterocycles. The highest BCUT2D eigenvalue weighted by Crippen LogP contribution is 2.10. The number of hydrogen-bond donors (Lipinski definition) is 1. The molecule has 0 spiro atoms. The summed E-state index contributed by atoms with van der Waals surface area (Å²) in [5.74, 6) is 0. The van der Waals surface area contributed by atoms with E-state index in [-0.39, 0.29) is 6.10 Å². The minimum Gasteiger partial charge on any atom is -0.391 e. The van der Waals surface area contributed by atoms with Crippen LogP contribution in [0, 0.1) is 6.92 Å². The van der Waals surface area contributed by atoms with Gasteiger partial charge in [0.1, 0.15) is 0 Å². The number of aliphatic hydroxyl groups excluding tert-OH is 1. The lowest BCUT2D eigenvalue weighted by Crippen LogP contribution is -2.15. The quantitative estimate of drug-likeness (QED) is 0.429. The molecular weight excluding hydrogens is 236 g/mol. The van der Waals surface area contributed by atoms with Crippen LogP contribution in [0.2, 0.25) is 0 Å². The summed E-state index contributed by atoms with van der Waals surface area (Å²) in [6, 6.07) is 0. The largest absolute Gasteiger partial charge is 0.391 e. The van der Waals surface area contributed by atoms with Crippen molar-refractivity contribution in [3.05, 3.63) is 6.92 Å². The van der Waals surface area contributed by atoms with Crippen molar-refractivity contribution in [1.29, 1.82) is 0 Å². The van der Waals surface area contributed by atoms with Gasteiger partial charge in [-0.3, -0.25) is 0 Å². The maximum atomic E-state index is 9.45. The van der Waals surface area contributed by atoms with Crippen molar-refractivity contribution in [1.82, 2.24) is 0 Å². The Labute approximate surface area is 120 Å². The summed E-state index contributed by atoms with van der Waals surface area (Å²) in [5.41, 5.74) is 0. The fourth-order valence-corrected chi connectivity index (χ4v) is 2.23. The zero-order chi connectivity index (χ0) is 14.2. The van der Waals surface area contributed by atoms with Crippen LogP contribution in [-0.2, 0) is 4.74 Å². The smallest absolute Gasteiger partial charge is 0.0773 e. The van der Waals surface area contributed by atoms with Crippen molar-refractivity contribution in [2.24, 2.45) is 0 Å². The zero-order valence-corrected chi connectivity index (χ0v) is 13.0. The standard InChI is InChI=1S/C17H35O2/c1-3-5-6-7-8-9-10-11-12-13-15-19-16-17(18)14-4-2/h17-18H,2-16H2,1H3. The van der Waals surface area contributed by atoms with Crippen molar-refractivity contribution >= 4 is 0 Å². The van der Waals surface area contributed by atoms with Gasteiger partial charge in [-0.05, 0) is 12.8 Å². The predicted octanol–water partition coefficient (Wildman–Crippen LogP) is 4.90. The van der Waals surface area contributed by atoms with E-state index < -0.39 is 0 Å². The van der Waals surface area contributed by atoms with Gasteiger partial charge in [-0.25, -0.2) is 0 Å². The van der Waals surface area contributed by atoms with E-state index >= 15 is 0 Å². The molecule has 0 amide bonds. The number of aliphatic hydroxyl groups is 1. The average molecular weight is 271 g/mol. The van der Waals surface area contributed by atoms with E-state index in [1.54, 1.807) is 0 Å². The topological polar surface area (TPSA) is 29.5 Å². The number of unbranched alkanes of at least 4 members (excludes halogenated alkanes) is 9. The molecule has 0 heterocycles. The van der Waals surface area contributed by atoms with Crippen LogP contribution in [0.3, 0.4) is 0 Å². The molecular formula is C17H35O2. The van der Waals surface area contributed by atoms with Gasteiger partial charge in [0.25, 0.3) is 0 Å². The van der Waals surface area contributed by atoms with Crippen molar-refractivity contribution < 1.29 is 9.84 Å². The first-order chi connectivity index (χ1) is 9.31. The molecule has 0 aliphatic carbocycles. The van der Waals surface area contributed by atoms with Crippen molar-refractivity contribution in [2.45, 2.75) is 90.1 Å². The molecule has 1 atom stereocenters. The Kier molecular flexibility index (Phi) is 15.9. The molecule has 0 bridgehead atoms. The average Bonchev–Trinajstić information content (AvgIpc) is 2.40. The van der Waals surface area contributed by atoms with Crippen LogP contribution >= 0.6 is 0 Å². The Morgan fingerprint density at radius 3 is 1.95 bits per heavy atom. The second-order valence-electron chi connectivity index (χ2n) is 5.55. The van der Waals surface area contributed by atoms with Gasteiger partial charge >= 0.3 is 0 Å². The predicted molar refractivity (Wildman–Crippen MR) is 83.3 cm³/mol. The molecule has 115 valence electrons. The molecule has 0 aromatic carbocycles. The molecule has 0 aliphatic rings. The molecule has 1 unspecified atom stereocenters. The Balaban J connectivity index is 2.99. The monoisotopic (exact) mass is 271 g/mol. The molecule has 0 saturated carbocycles. The molecule has 0 rings (SSSR count). The van der Waals surface area contributed by atoms with Gasteiger partial charge < -0.3 is 9.84 Å². The lowest BCUT2D eigenvalue weighted by atomic mass is 10.1. The SMILES string of the molecule is [CH2]CCC(O)COCCCCCCCCCCCC. The first-order valence-electron chi connectivity index (χ1n) is 8.36. The number of ether oxygens (including phenoxy) is 1. The minimum atomic E-state index is -0.319. The molecule has 0 fully saturated rings. The fourth-order valence-electron chi connectivity index (χ4n) is 2.23. The fraction of sp³-hybridized carbons (Fsp3) is 0.941. The Bertz CT molecular complexity index is 159. The molecule has 1 N–H and O–H groups in total. The Hall–Kier alpha value is -0.0800. The van der Waals surface area contributed by atoms with Crippen LogP contribution in [0.5, 0.6) is 0 Å². The van der Waals surface area contributed by atoms with Crippen LogP contribution in [0.15, 0.2) is 0 Å². The van der Waals surface area contributed by atoms with Gasteiger partial charge in [-0.2, -0.15) is 0 Å². The molecule has 19 heavy (non-hydrogen) atoms. The summed E-state index contributed by atoms with van der Waals surface area (Å²) in [6.07, 6.45) is 14.7. The van der Waals surface area contributed by atoms with E-state index in [2.05, 4.69) is 13.8 Å². The van der Waals surface area contributed by atoms with Crippen molar-refractivity contribution in [3.63, 3.8) is 0 Å². The summed E-state index contributed by atoms with van der Waals surface area (Å²) < 4.78 is 5.44. The lowest BCUT2D eigenvalue weighted by Gasteiger charge is -2.09. The summed E-state index contributed by atoms with van der Waals surface area (Å²) >= 11 is 0. The van der Waals surface area contributed by atoms with Gasteiger partial charge in [-0.1, -0.05) is 78.1 Å². The summed E-state index contributed by atoms with van der Waals surface area (Å²) in [5, 5.41) is 9.45. The normalized spacial score (nSPS) is 12.8. The van der Waals surface area contributed by atoms with E-state index in [1.807, 2.05) is 0 Å². The van der Waals surface area contributed by atoms with Crippen LogP contribution in [0.4, 0.5) is 0 Å². The highest BCUT2D eigenvalue weighted by molar-refractivity contribution is 4.54. The van der Waals surface area contributed by atoms with Crippen LogP contribution < -0.4 is 0 Å². The van der Waals surface area contributed by atoms with Crippen LogP contribution in [0.1, 0.15) is 84.0 Å². The van der Waals surface area contributed by atoms with E-state index in [1.165, 1.54) is 57.8 Å². The highest BCUT2D eigenvalue weighted by Gasteiger charge is 2.01. The Morgan fingerprint density at radius 2 is 1.42 bits per heavy atom. The third kappa shape index (κ3) is 15.9. The van der Waals surface area contributed by atoms with Crippen LogP contribution in [0.25, 0.3) is 0 Å². The highest BCUT2D eigenvalue weighted by atomic mass is 16.5. The van der Waals surface area contributed by atoms with E-state index in [0.717, 1.165) is 25.9 Å². The molecule has 0 aliphatic heterocycles. The third-order valence-electron chi connectivity index (χ3n) is 3.49. The summed E-state index contributed by atoms with van der Waals surface area (Å²) in [7, 11) is 0. The first-order valence-corrected chi connectivity index (χ1v) is 8.36. The second kappa shape index (κ2) is 16.0. The molecule has 2 nitrogen and oxygen atoms in total. The van der Waals surface area contributed by atoms with E-state index in [9.17, 15) is 5.11 Å². The molecule has 0 aromatic rings. The molecule has 1 radical (unpaired) electrons. The van der Waals surface area contributed by atoms with Crippen molar-refractivity contribution in [2.75, 3.05) is 13.2 Å². The minimum absolute atomic E-state index is 0.319. The van der Waals surface area contributed by atoms with Gasteiger partial charge in [0.05, 0.1) is 12.7 Å². The third-order valence-corrected chi connectivity index (χ3v) is 3.49. The zero-order valence-electron chi connectivity index (χ0n) is 13.0. The van der Waals surface area contributed by atoms with Crippen LogP contribution in [-0.4, -0.2) is 24.4 Å². The lowest BCUT2D eigenvalue weighted by molar-refractivity contribution is 0.0315. The first kappa shape index (κ1) is 18.9. The van der Waals surface area contributed by atoms with E-state index in [0.29, 0.717) is 6.61 Å². The number of rotatable bonds is 15. The molecule has 2 heteroatoms. The maximum absolute atomic E-state index is 9.45. The van der Waals surface area contributed by atoms with Gasteiger partial charge in [-0.15, -0.1) is 0 Å². The van der Waals surface area contributed by atoms with Gasteiger partial charge in [0.15, 0.2) is 0 Å². The van der Waals surface area contributed by atoms with Gasteiger partial charge in [0.2, 0.25) is 0 Å². The maximum Gasteiger partial charge on any atom is 0.0773 e. The van der Waals surface area contributed by atoms with Crippen molar-refractivity contribution in [3.8, 4) is 0 Å². The Morgan fingerprint density at radius 1 is 0.895 bits per heavy atom. The summed E-state index contributed by atoms with van der Waals surface area (Å²) in [6.45, 7) is 7.26. The summed E-state index contributed by atoms with van der Waals surface area (Å²) in [4.78, 5) is 0. The number of hydrogen-bond acceptors (Lipinski definition) is 2. The second-order valence-corrected chi connectivity index (χ2v) is 5.55. The van der Waals surface area contributed by atoms with E-state index in [4.69, 9.17) is 4.74 Å². The molecule has 0 aromatic heterocycles. The van der Waals surface area contributed by atoms with Gasteiger partial charge in [0, 0.05) is 6.61 Å².